The van der Waals surface area contributed by atoms with Crippen LogP contribution in [0.2, 0.25) is 5.02 Å². The van der Waals surface area contributed by atoms with E-state index >= 15 is 0 Å². The summed E-state index contributed by atoms with van der Waals surface area (Å²) in [7, 11) is 1.57. The molecule has 0 bridgehead atoms. The number of urea groups is 1. The lowest BCUT2D eigenvalue weighted by Crippen LogP contribution is -2.70. The molecule has 0 radical (unpaired) electrons. The van der Waals surface area contributed by atoms with Gasteiger partial charge in [0.15, 0.2) is 0 Å². The molecule has 2 saturated heterocycles. The van der Waals surface area contributed by atoms with Crippen molar-refractivity contribution in [2.24, 2.45) is 0 Å². The summed E-state index contributed by atoms with van der Waals surface area (Å²) in [6.45, 7) is 5.52. The number of methoxy groups -OCH3 is 1. The Balaban J connectivity index is 1.86. The van der Waals surface area contributed by atoms with Crippen LogP contribution in [-0.2, 0) is 20.9 Å². The lowest BCUT2D eigenvalue weighted by Gasteiger charge is -2.48. The van der Waals surface area contributed by atoms with Gasteiger partial charge in [-0.25, -0.2) is 4.79 Å². The highest BCUT2D eigenvalue weighted by Crippen LogP contribution is 2.35. The van der Waals surface area contributed by atoms with Gasteiger partial charge in [-0.1, -0.05) is 23.7 Å². The zero-order valence-corrected chi connectivity index (χ0v) is 18.4. The van der Waals surface area contributed by atoms with E-state index in [9.17, 15) is 14.4 Å². The molecule has 3 rings (SSSR count). The topological polar surface area (TPSA) is 82.2 Å². The number of benzene rings is 1. The van der Waals surface area contributed by atoms with Gasteiger partial charge in [0.2, 0.25) is 5.91 Å². The van der Waals surface area contributed by atoms with Crippen molar-refractivity contribution in [1.82, 2.24) is 20.0 Å². The van der Waals surface area contributed by atoms with Gasteiger partial charge in [0.05, 0.1) is 13.2 Å². The zero-order valence-electron chi connectivity index (χ0n) is 17.7. The summed E-state index contributed by atoms with van der Waals surface area (Å²) in [6.07, 6.45) is 0.409. The molecule has 8 nitrogen and oxygen atoms in total. The standard InChI is InChI=1S/C21H29ClN4O4/c1-15(2)25-13-18(27)26(12-16-4-6-17(22)7-5-16)21(19(25)28)8-10-24(14-21)20(29)23-9-11-30-3/h4-7,15H,8-14H2,1-3H3,(H,23,29)/t21-/m0/s1. The Morgan fingerprint density at radius 3 is 2.60 bits per heavy atom. The molecule has 9 heteroatoms. The molecule has 1 spiro atoms. The van der Waals surface area contributed by atoms with Gasteiger partial charge >= 0.3 is 6.03 Å². The van der Waals surface area contributed by atoms with Crippen LogP contribution in [-0.4, -0.2) is 84.0 Å². The molecule has 0 saturated carbocycles. The molecular weight excluding hydrogens is 408 g/mol. The molecule has 2 heterocycles. The number of ether oxygens (including phenoxy) is 1. The van der Waals surface area contributed by atoms with E-state index in [0.717, 1.165) is 5.56 Å². The zero-order chi connectivity index (χ0) is 21.9. The molecule has 4 amide bonds. The van der Waals surface area contributed by atoms with Crippen LogP contribution in [0.15, 0.2) is 24.3 Å². The summed E-state index contributed by atoms with van der Waals surface area (Å²) >= 11 is 5.99. The van der Waals surface area contributed by atoms with Crippen LogP contribution in [0.4, 0.5) is 4.79 Å². The summed E-state index contributed by atoms with van der Waals surface area (Å²) in [6, 6.07) is 6.90. The van der Waals surface area contributed by atoms with Crippen molar-refractivity contribution in [3.05, 3.63) is 34.9 Å². The van der Waals surface area contributed by atoms with E-state index in [4.69, 9.17) is 16.3 Å². The van der Waals surface area contributed by atoms with E-state index in [1.807, 2.05) is 26.0 Å². The molecule has 30 heavy (non-hydrogen) atoms. The summed E-state index contributed by atoms with van der Waals surface area (Å²) in [5.41, 5.74) is -0.168. The Kier molecular flexibility index (Phi) is 6.88. The third-order valence-electron chi connectivity index (χ3n) is 5.78. The second-order valence-electron chi connectivity index (χ2n) is 8.06. The molecule has 164 valence electrons. The number of halogens is 1. The minimum atomic E-state index is -1.06. The third kappa shape index (κ3) is 4.39. The van der Waals surface area contributed by atoms with Gasteiger partial charge in [0.25, 0.3) is 5.91 Å². The minimum Gasteiger partial charge on any atom is -0.383 e. The van der Waals surface area contributed by atoms with Crippen molar-refractivity contribution >= 4 is 29.4 Å². The first kappa shape index (κ1) is 22.4. The summed E-state index contributed by atoms with van der Waals surface area (Å²) in [5, 5.41) is 3.41. The van der Waals surface area contributed by atoms with Gasteiger partial charge in [0, 0.05) is 37.8 Å². The van der Waals surface area contributed by atoms with Crippen molar-refractivity contribution in [3.63, 3.8) is 0 Å². The van der Waals surface area contributed by atoms with Crippen LogP contribution in [0.25, 0.3) is 0 Å². The highest BCUT2D eigenvalue weighted by molar-refractivity contribution is 6.30. The summed E-state index contributed by atoms with van der Waals surface area (Å²) in [5.74, 6) is -0.210. The number of nitrogens with one attached hydrogen (secondary N) is 1. The first-order chi connectivity index (χ1) is 14.3. The second kappa shape index (κ2) is 9.22. The predicted molar refractivity (Wildman–Crippen MR) is 113 cm³/mol. The highest BCUT2D eigenvalue weighted by atomic mass is 35.5. The molecule has 1 N–H and O–H groups in total. The minimum absolute atomic E-state index is 0.0475. The molecule has 0 unspecified atom stereocenters. The fraction of sp³-hybridized carbons (Fsp3) is 0.571. The maximum atomic E-state index is 13.6. The predicted octanol–water partition coefficient (Wildman–Crippen LogP) is 1.72. The van der Waals surface area contributed by atoms with E-state index in [-0.39, 0.29) is 37.0 Å². The van der Waals surface area contributed by atoms with Gasteiger partial charge < -0.3 is 24.8 Å². The Labute approximate surface area is 182 Å². The number of nitrogens with zero attached hydrogens (tertiary/aromatic N) is 3. The first-order valence-electron chi connectivity index (χ1n) is 10.2. The van der Waals surface area contributed by atoms with E-state index in [2.05, 4.69) is 5.32 Å². The lowest BCUT2D eigenvalue weighted by atomic mass is 9.89. The van der Waals surface area contributed by atoms with Crippen molar-refractivity contribution < 1.29 is 19.1 Å². The number of carbonyl (C=O) groups excluding carboxylic acids is 3. The Bertz CT molecular complexity index is 801. The Hall–Kier alpha value is -2.32. The maximum Gasteiger partial charge on any atom is 0.317 e. The Morgan fingerprint density at radius 2 is 1.97 bits per heavy atom. The number of carbonyl (C=O) groups is 3. The molecule has 2 fully saturated rings. The largest absolute Gasteiger partial charge is 0.383 e. The van der Waals surface area contributed by atoms with Crippen LogP contribution in [0, 0.1) is 0 Å². The summed E-state index contributed by atoms with van der Waals surface area (Å²) < 4.78 is 4.97. The van der Waals surface area contributed by atoms with Gasteiger partial charge in [-0.05, 0) is 38.0 Å². The highest BCUT2D eigenvalue weighted by Gasteiger charge is 2.56. The quantitative estimate of drug-likeness (QED) is 0.688. The molecule has 0 aliphatic carbocycles. The van der Waals surface area contributed by atoms with Gasteiger partial charge in [-0.2, -0.15) is 0 Å². The van der Waals surface area contributed by atoms with Crippen molar-refractivity contribution in [3.8, 4) is 0 Å². The van der Waals surface area contributed by atoms with Crippen LogP contribution in [0.5, 0.6) is 0 Å². The number of hydrogen-bond acceptors (Lipinski definition) is 4. The fourth-order valence-electron chi connectivity index (χ4n) is 4.09. The van der Waals surface area contributed by atoms with Gasteiger partial charge in [-0.3, -0.25) is 9.59 Å². The van der Waals surface area contributed by atoms with Crippen LogP contribution in [0.1, 0.15) is 25.8 Å². The number of rotatable bonds is 6. The number of amides is 4. The number of hydrogen-bond donors (Lipinski definition) is 1. The lowest BCUT2D eigenvalue weighted by molar-refractivity contribution is -0.166. The molecule has 2 aliphatic heterocycles. The van der Waals surface area contributed by atoms with Gasteiger partial charge in [-0.15, -0.1) is 0 Å². The molecule has 1 aromatic rings. The van der Waals surface area contributed by atoms with E-state index in [1.54, 1.807) is 33.9 Å². The van der Waals surface area contributed by atoms with Crippen LogP contribution >= 0.6 is 11.6 Å². The maximum absolute atomic E-state index is 13.6. The van der Waals surface area contributed by atoms with Crippen molar-refractivity contribution in [2.75, 3.05) is 39.9 Å². The summed E-state index contributed by atoms with van der Waals surface area (Å²) in [4.78, 5) is 44.1. The SMILES string of the molecule is COCCNC(=O)N1CC[C@]2(C1)C(=O)N(C(C)C)CC(=O)N2Cc1ccc(Cl)cc1. The average Bonchev–Trinajstić information content (AvgIpc) is 3.16. The van der Waals surface area contributed by atoms with E-state index in [1.165, 1.54) is 0 Å². The average molecular weight is 437 g/mol. The van der Waals surface area contributed by atoms with Gasteiger partial charge in [0.1, 0.15) is 12.1 Å². The normalized spacial score (nSPS) is 21.8. The van der Waals surface area contributed by atoms with Crippen molar-refractivity contribution in [1.29, 1.82) is 0 Å². The Morgan fingerprint density at radius 1 is 1.27 bits per heavy atom. The molecular formula is C21H29ClN4O4. The monoisotopic (exact) mass is 436 g/mol. The number of piperazine rings is 1. The first-order valence-corrected chi connectivity index (χ1v) is 10.5. The third-order valence-corrected chi connectivity index (χ3v) is 6.03. The molecule has 1 atom stereocenters. The van der Waals surface area contributed by atoms with Crippen LogP contribution in [0.3, 0.4) is 0 Å². The van der Waals surface area contributed by atoms with E-state index in [0.29, 0.717) is 37.7 Å². The van der Waals surface area contributed by atoms with Crippen LogP contribution < -0.4 is 5.32 Å². The van der Waals surface area contributed by atoms with Crippen molar-refractivity contribution in [2.45, 2.75) is 38.4 Å². The van der Waals surface area contributed by atoms with E-state index < -0.39 is 5.54 Å². The molecule has 2 aliphatic rings. The molecule has 1 aromatic carbocycles. The second-order valence-corrected chi connectivity index (χ2v) is 8.50. The number of likely N-dealkylation sites (tertiary alicyclic amines) is 1. The smallest absolute Gasteiger partial charge is 0.317 e. The fourth-order valence-corrected chi connectivity index (χ4v) is 4.21. The molecule has 0 aromatic heterocycles.